The Morgan fingerprint density at radius 3 is 2.34 bits per heavy atom. The van der Waals surface area contributed by atoms with E-state index in [1.807, 2.05) is 16.8 Å². The van der Waals surface area contributed by atoms with Crippen molar-refractivity contribution in [2.75, 3.05) is 38.2 Å². The molecule has 7 nitrogen and oxygen atoms in total. The fourth-order valence-electron chi connectivity index (χ4n) is 4.62. The number of nitrogens with zero attached hydrogens (tertiary/aromatic N) is 6. The Morgan fingerprint density at radius 1 is 0.969 bits per heavy atom. The summed E-state index contributed by atoms with van der Waals surface area (Å²) >= 11 is 0. The summed E-state index contributed by atoms with van der Waals surface area (Å²) in [6.45, 7) is 13.5. The third-order valence-corrected chi connectivity index (χ3v) is 6.36. The monoisotopic (exact) mass is 434 g/mol. The molecule has 0 saturated carbocycles. The molecule has 0 N–H and O–H groups in total. The number of tetrazole rings is 1. The predicted molar refractivity (Wildman–Crippen MR) is 127 cm³/mol. The van der Waals surface area contributed by atoms with Gasteiger partial charge in [0, 0.05) is 31.9 Å². The summed E-state index contributed by atoms with van der Waals surface area (Å²) in [5.74, 6) is 2.20. The highest BCUT2D eigenvalue weighted by Gasteiger charge is 2.31. The molecule has 0 radical (unpaired) electrons. The van der Waals surface area contributed by atoms with Crippen LogP contribution >= 0.6 is 0 Å². The average molecular weight is 435 g/mol. The lowest BCUT2D eigenvalue weighted by molar-refractivity contribution is 0.135. The van der Waals surface area contributed by atoms with Gasteiger partial charge >= 0.3 is 0 Å². The molecule has 1 fully saturated rings. The molecule has 1 aliphatic heterocycles. The van der Waals surface area contributed by atoms with Crippen LogP contribution in [0.3, 0.4) is 0 Å². The van der Waals surface area contributed by atoms with Crippen LogP contribution in [-0.2, 0) is 6.54 Å². The molecule has 1 saturated heterocycles. The number of anilines is 1. The van der Waals surface area contributed by atoms with Crippen molar-refractivity contribution in [2.24, 2.45) is 5.92 Å². The van der Waals surface area contributed by atoms with E-state index in [0.29, 0.717) is 12.5 Å². The summed E-state index contributed by atoms with van der Waals surface area (Å²) in [4.78, 5) is 5.05. The lowest BCUT2D eigenvalue weighted by Crippen LogP contribution is -2.49. The topological polar surface area (TPSA) is 59.3 Å². The molecular weight excluding hydrogens is 400 g/mol. The Hall–Kier alpha value is -2.93. The number of rotatable bonds is 7. The molecule has 0 bridgehead atoms. The lowest BCUT2D eigenvalue weighted by atomic mass is 10.00. The van der Waals surface area contributed by atoms with Crippen molar-refractivity contribution in [1.82, 2.24) is 25.1 Å². The van der Waals surface area contributed by atoms with Crippen LogP contribution < -0.4 is 9.64 Å². The molecule has 32 heavy (non-hydrogen) atoms. The molecule has 2 aromatic carbocycles. The molecule has 1 aromatic heterocycles. The third-order valence-electron chi connectivity index (χ3n) is 6.36. The first-order valence-corrected chi connectivity index (χ1v) is 11.4. The van der Waals surface area contributed by atoms with Gasteiger partial charge in [0.05, 0.1) is 19.7 Å². The molecule has 0 amide bonds. The Balaban J connectivity index is 1.49. The number of ether oxygens (including phenoxy) is 1. The third kappa shape index (κ3) is 4.78. The highest BCUT2D eigenvalue weighted by molar-refractivity contribution is 5.55. The number of aromatic nitrogens is 4. The molecule has 1 atom stereocenters. The summed E-state index contributed by atoms with van der Waals surface area (Å²) in [5.41, 5.74) is 5.16. The number of aryl methyl sites for hydroxylation is 2. The van der Waals surface area contributed by atoms with Crippen LogP contribution in [0.15, 0.2) is 42.5 Å². The maximum atomic E-state index is 5.27. The van der Waals surface area contributed by atoms with Crippen LogP contribution in [0.1, 0.15) is 42.4 Å². The number of hydrogen-bond donors (Lipinski definition) is 0. The SMILES string of the molecule is COc1ccc(Cn2nnnc2[C@@H](C(C)C)N2CCN(c3cc(C)ccc3C)CC2)cc1. The fourth-order valence-corrected chi connectivity index (χ4v) is 4.62. The molecule has 0 unspecified atom stereocenters. The standard InChI is InChI=1S/C25H34N6O/c1-18(2)24(25-26-27-28-31(25)17-21-8-10-22(32-5)11-9-21)30-14-12-29(13-15-30)23-16-19(3)6-7-20(23)4/h6-11,16,18,24H,12-15,17H2,1-5H3/t24-/m1/s1. The Bertz CT molecular complexity index is 1020. The predicted octanol–water partition coefficient (Wildman–Crippen LogP) is 3.87. The average Bonchev–Trinajstić information content (AvgIpc) is 3.24. The van der Waals surface area contributed by atoms with Gasteiger partial charge in [-0.05, 0) is 65.1 Å². The highest BCUT2D eigenvalue weighted by atomic mass is 16.5. The summed E-state index contributed by atoms with van der Waals surface area (Å²) < 4.78 is 7.22. The number of hydrogen-bond acceptors (Lipinski definition) is 6. The quantitative estimate of drug-likeness (QED) is 0.563. The fraction of sp³-hybridized carbons (Fsp3) is 0.480. The maximum Gasteiger partial charge on any atom is 0.169 e. The van der Waals surface area contributed by atoms with Crippen LogP contribution in [-0.4, -0.2) is 58.4 Å². The van der Waals surface area contributed by atoms with Crippen LogP contribution in [0.4, 0.5) is 5.69 Å². The van der Waals surface area contributed by atoms with Gasteiger partial charge in [-0.1, -0.05) is 38.1 Å². The summed E-state index contributed by atoms with van der Waals surface area (Å²) in [7, 11) is 1.68. The van der Waals surface area contributed by atoms with Gasteiger partial charge in [0.15, 0.2) is 5.82 Å². The second-order valence-corrected chi connectivity index (χ2v) is 9.04. The molecule has 1 aliphatic rings. The van der Waals surface area contributed by atoms with E-state index in [2.05, 4.69) is 83.4 Å². The second kappa shape index (κ2) is 9.69. The van der Waals surface area contributed by atoms with E-state index >= 15 is 0 Å². The van der Waals surface area contributed by atoms with E-state index in [1.54, 1.807) is 7.11 Å². The normalized spacial score (nSPS) is 15.9. The van der Waals surface area contributed by atoms with Crippen molar-refractivity contribution < 1.29 is 4.74 Å². The summed E-state index contributed by atoms with van der Waals surface area (Å²) in [5, 5.41) is 12.8. The van der Waals surface area contributed by atoms with Gasteiger partial charge < -0.3 is 9.64 Å². The van der Waals surface area contributed by atoms with Crippen molar-refractivity contribution >= 4 is 5.69 Å². The van der Waals surface area contributed by atoms with E-state index in [0.717, 1.165) is 43.3 Å². The first kappa shape index (κ1) is 22.3. The van der Waals surface area contributed by atoms with Crippen LogP contribution in [0.25, 0.3) is 0 Å². The largest absolute Gasteiger partial charge is 0.497 e. The zero-order valence-electron chi connectivity index (χ0n) is 19.8. The van der Waals surface area contributed by atoms with Crippen molar-refractivity contribution in [2.45, 2.75) is 40.3 Å². The molecule has 3 aromatic rings. The zero-order valence-corrected chi connectivity index (χ0v) is 19.8. The molecule has 0 spiro atoms. The minimum Gasteiger partial charge on any atom is -0.497 e. The Kier molecular flexibility index (Phi) is 6.74. The second-order valence-electron chi connectivity index (χ2n) is 9.04. The number of methoxy groups -OCH3 is 1. The first-order valence-electron chi connectivity index (χ1n) is 11.4. The van der Waals surface area contributed by atoms with Gasteiger partial charge in [0.1, 0.15) is 5.75 Å². The smallest absolute Gasteiger partial charge is 0.169 e. The molecule has 4 rings (SSSR count). The first-order chi connectivity index (χ1) is 15.5. The molecule has 170 valence electrons. The van der Waals surface area contributed by atoms with E-state index < -0.39 is 0 Å². The van der Waals surface area contributed by atoms with E-state index in [4.69, 9.17) is 4.74 Å². The van der Waals surface area contributed by atoms with Gasteiger partial charge in [-0.2, -0.15) is 0 Å². The summed E-state index contributed by atoms with van der Waals surface area (Å²) in [6.07, 6.45) is 0. The minimum atomic E-state index is 0.184. The molecular formula is C25H34N6O. The number of benzene rings is 2. The van der Waals surface area contributed by atoms with Crippen LogP contribution in [0, 0.1) is 19.8 Å². The molecule has 7 heteroatoms. The Morgan fingerprint density at radius 2 is 1.69 bits per heavy atom. The van der Waals surface area contributed by atoms with Gasteiger partial charge in [0.2, 0.25) is 0 Å². The highest BCUT2D eigenvalue weighted by Crippen LogP contribution is 2.30. The minimum absolute atomic E-state index is 0.184. The molecule has 2 heterocycles. The molecule has 0 aliphatic carbocycles. The van der Waals surface area contributed by atoms with Crippen molar-refractivity contribution in [1.29, 1.82) is 0 Å². The van der Waals surface area contributed by atoms with Gasteiger partial charge in [-0.3, -0.25) is 4.90 Å². The van der Waals surface area contributed by atoms with Gasteiger partial charge in [0.25, 0.3) is 0 Å². The van der Waals surface area contributed by atoms with E-state index in [1.165, 1.54) is 16.8 Å². The summed E-state index contributed by atoms with van der Waals surface area (Å²) in [6, 6.07) is 15.0. The number of piperazine rings is 1. The van der Waals surface area contributed by atoms with Gasteiger partial charge in [-0.25, -0.2) is 4.68 Å². The van der Waals surface area contributed by atoms with Crippen molar-refractivity contribution in [3.8, 4) is 5.75 Å². The Labute approximate surface area is 191 Å². The van der Waals surface area contributed by atoms with Crippen molar-refractivity contribution in [3.63, 3.8) is 0 Å². The van der Waals surface area contributed by atoms with Crippen molar-refractivity contribution in [3.05, 3.63) is 65.0 Å². The zero-order chi connectivity index (χ0) is 22.7. The lowest BCUT2D eigenvalue weighted by Gasteiger charge is -2.41. The maximum absolute atomic E-state index is 5.27. The van der Waals surface area contributed by atoms with Crippen LogP contribution in [0.5, 0.6) is 5.75 Å². The van der Waals surface area contributed by atoms with E-state index in [-0.39, 0.29) is 6.04 Å². The van der Waals surface area contributed by atoms with Crippen LogP contribution in [0.2, 0.25) is 0 Å². The van der Waals surface area contributed by atoms with Gasteiger partial charge in [-0.15, -0.1) is 5.10 Å². The van der Waals surface area contributed by atoms with E-state index in [9.17, 15) is 0 Å².